The van der Waals surface area contributed by atoms with Crippen molar-refractivity contribution in [3.63, 3.8) is 0 Å². The van der Waals surface area contributed by atoms with Crippen molar-refractivity contribution in [2.24, 2.45) is 53.0 Å². The third-order valence-corrected chi connectivity index (χ3v) is 1.27. The lowest BCUT2D eigenvalue weighted by Gasteiger charge is -2.19. The predicted molar refractivity (Wildman–Crippen MR) is 53.5 cm³/mol. The molecule has 0 saturated heterocycles. The fraction of sp³-hybridized carbons (Fsp3) is 1.00. The Morgan fingerprint density at radius 1 is 1.00 bits per heavy atom. The molecule has 12 nitrogen and oxygen atoms in total. The van der Waals surface area contributed by atoms with Crippen LogP contribution in [0.5, 0.6) is 0 Å². The summed E-state index contributed by atoms with van der Waals surface area (Å²) in [6.45, 7) is 0.0325. The van der Waals surface area contributed by atoms with Crippen LogP contribution in [0.4, 0.5) is 0 Å². The summed E-state index contributed by atoms with van der Waals surface area (Å²) in [6.07, 6.45) is 0. The van der Waals surface area contributed by atoms with E-state index >= 15 is 0 Å². The Morgan fingerprint density at radius 2 is 1.56 bits per heavy atom. The summed E-state index contributed by atoms with van der Waals surface area (Å²) in [5, 5.41) is 27.3. The van der Waals surface area contributed by atoms with Crippen molar-refractivity contribution < 1.29 is 0 Å². The van der Waals surface area contributed by atoms with Gasteiger partial charge >= 0.3 is 5.79 Å². The highest BCUT2D eigenvalue weighted by atomic mass is 15.6. The summed E-state index contributed by atoms with van der Waals surface area (Å²) in [5.74, 6) is 8.48. The van der Waals surface area contributed by atoms with Gasteiger partial charge in [-0.25, -0.2) is 5.43 Å². The Morgan fingerprint density at radius 3 is 2.00 bits per heavy atom. The quantitative estimate of drug-likeness (QED) is 0.261. The SMILES string of the molecule is CN=NNCC(N=NN)(N=NN)NN=NC. The summed E-state index contributed by atoms with van der Waals surface area (Å²) in [5.41, 5.74) is 4.99. The summed E-state index contributed by atoms with van der Waals surface area (Å²) in [4.78, 5) is 0. The van der Waals surface area contributed by atoms with Gasteiger partial charge in [0.2, 0.25) is 0 Å². The van der Waals surface area contributed by atoms with E-state index in [1.807, 2.05) is 0 Å². The minimum Gasteiger partial charge on any atom is -0.305 e. The van der Waals surface area contributed by atoms with Gasteiger partial charge in [-0.3, -0.25) is 5.43 Å². The molecule has 0 aliphatic rings. The monoisotopic (exact) mass is 230 g/mol. The average molecular weight is 230 g/mol. The molecule has 0 unspecified atom stereocenters. The molecular formula is C4H14N12. The van der Waals surface area contributed by atoms with Gasteiger partial charge in [0.05, 0.1) is 14.1 Å². The van der Waals surface area contributed by atoms with Gasteiger partial charge in [0.1, 0.15) is 6.54 Å². The normalized spacial score (nSPS) is 16.4. The second-order valence-electron chi connectivity index (χ2n) is 2.29. The molecule has 16 heavy (non-hydrogen) atoms. The fourth-order valence-corrected chi connectivity index (χ4v) is 0.712. The van der Waals surface area contributed by atoms with Crippen LogP contribution in [0.3, 0.4) is 0 Å². The van der Waals surface area contributed by atoms with Gasteiger partial charge in [0.25, 0.3) is 0 Å². The molecule has 0 amide bonds. The van der Waals surface area contributed by atoms with Gasteiger partial charge in [0.15, 0.2) is 0 Å². The van der Waals surface area contributed by atoms with Gasteiger partial charge in [-0.05, 0) is 0 Å². The number of nitrogens with zero attached hydrogens (tertiary/aromatic N) is 8. The molecule has 6 N–H and O–H groups in total. The van der Waals surface area contributed by atoms with Crippen LogP contribution in [0.25, 0.3) is 0 Å². The predicted octanol–water partition coefficient (Wildman–Crippen LogP) is -0.535. The van der Waals surface area contributed by atoms with Crippen molar-refractivity contribution in [1.29, 1.82) is 0 Å². The first kappa shape index (κ1) is 13.6. The van der Waals surface area contributed by atoms with E-state index in [2.05, 4.69) is 52.2 Å². The number of rotatable bonds is 7. The second kappa shape index (κ2) is 7.95. The first-order valence-corrected chi connectivity index (χ1v) is 4.06. The summed E-state index contributed by atoms with van der Waals surface area (Å²) in [7, 11) is 2.94. The summed E-state index contributed by atoms with van der Waals surface area (Å²) < 4.78 is 0. The van der Waals surface area contributed by atoms with Gasteiger partial charge < -0.3 is 11.7 Å². The summed E-state index contributed by atoms with van der Waals surface area (Å²) >= 11 is 0. The number of nitrogens with one attached hydrogen (secondary N) is 2. The lowest BCUT2D eigenvalue weighted by molar-refractivity contribution is 0.298. The van der Waals surface area contributed by atoms with Crippen LogP contribution in [0.1, 0.15) is 0 Å². The average Bonchev–Trinajstić information content (AvgIpc) is 2.27. The van der Waals surface area contributed by atoms with Crippen LogP contribution in [0.2, 0.25) is 0 Å². The van der Waals surface area contributed by atoms with Crippen molar-refractivity contribution in [2.45, 2.75) is 5.79 Å². The third-order valence-electron chi connectivity index (χ3n) is 1.27. The molecule has 0 aromatic rings. The van der Waals surface area contributed by atoms with Gasteiger partial charge in [-0.15, -0.1) is 10.2 Å². The lowest BCUT2D eigenvalue weighted by Crippen LogP contribution is -2.46. The molecule has 12 heteroatoms. The second-order valence-corrected chi connectivity index (χ2v) is 2.29. The molecule has 0 rings (SSSR count). The zero-order chi connectivity index (χ0) is 12.3. The van der Waals surface area contributed by atoms with E-state index in [0.29, 0.717) is 0 Å². The minimum absolute atomic E-state index is 0.0325. The Balaban J connectivity index is 4.76. The van der Waals surface area contributed by atoms with Crippen molar-refractivity contribution in [3.05, 3.63) is 0 Å². The lowest BCUT2D eigenvalue weighted by atomic mass is 10.4. The van der Waals surface area contributed by atoms with Crippen LogP contribution in [0.15, 0.2) is 41.4 Å². The van der Waals surface area contributed by atoms with Crippen molar-refractivity contribution in [3.8, 4) is 0 Å². The number of nitrogens with two attached hydrogens (primary N) is 2. The topological polar surface area (TPSA) is 175 Å². The summed E-state index contributed by atoms with van der Waals surface area (Å²) in [6, 6.07) is 0. The van der Waals surface area contributed by atoms with Gasteiger partial charge in [-0.2, -0.15) is 10.2 Å². The number of hydrogen-bond donors (Lipinski definition) is 4. The Labute approximate surface area is 91.3 Å². The molecule has 0 spiro atoms. The van der Waals surface area contributed by atoms with E-state index in [1.165, 1.54) is 14.1 Å². The maximum atomic E-state index is 4.94. The Kier molecular flexibility index (Phi) is 6.76. The fourth-order valence-electron chi connectivity index (χ4n) is 0.712. The number of hydrogen-bond acceptors (Lipinski definition) is 8. The van der Waals surface area contributed by atoms with Crippen LogP contribution in [0, 0.1) is 0 Å². The molecule has 0 fully saturated rings. The molecule has 0 heterocycles. The molecule has 0 atom stereocenters. The zero-order valence-corrected chi connectivity index (χ0v) is 8.94. The Hall–Kier alpha value is -2.40. The van der Waals surface area contributed by atoms with E-state index < -0.39 is 5.79 Å². The highest BCUT2D eigenvalue weighted by molar-refractivity contribution is 4.79. The van der Waals surface area contributed by atoms with E-state index in [9.17, 15) is 0 Å². The highest BCUT2D eigenvalue weighted by Gasteiger charge is 2.30. The molecule has 0 aliphatic heterocycles. The third kappa shape index (κ3) is 4.73. The van der Waals surface area contributed by atoms with Crippen molar-refractivity contribution in [2.75, 3.05) is 20.6 Å². The van der Waals surface area contributed by atoms with E-state index in [0.717, 1.165) is 0 Å². The molecule has 0 aromatic heterocycles. The van der Waals surface area contributed by atoms with Gasteiger partial charge in [0, 0.05) is 0 Å². The van der Waals surface area contributed by atoms with Crippen LogP contribution in [-0.2, 0) is 0 Å². The maximum absolute atomic E-state index is 4.94. The zero-order valence-electron chi connectivity index (χ0n) is 8.94. The molecule has 0 saturated carbocycles. The van der Waals surface area contributed by atoms with Crippen molar-refractivity contribution in [1.82, 2.24) is 10.9 Å². The first-order valence-electron chi connectivity index (χ1n) is 4.06. The molecule has 0 aliphatic carbocycles. The molecule has 0 aromatic carbocycles. The van der Waals surface area contributed by atoms with Gasteiger partial charge in [-0.1, -0.05) is 20.9 Å². The Bertz CT molecular complexity index is 265. The molecule has 0 bridgehead atoms. The van der Waals surface area contributed by atoms with E-state index in [4.69, 9.17) is 11.7 Å². The first-order chi connectivity index (χ1) is 7.74. The van der Waals surface area contributed by atoms with E-state index in [-0.39, 0.29) is 6.54 Å². The van der Waals surface area contributed by atoms with Crippen LogP contribution < -0.4 is 22.5 Å². The smallest absolute Gasteiger partial charge is 0.300 e. The minimum atomic E-state index is -1.41. The largest absolute Gasteiger partial charge is 0.305 e. The van der Waals surface area contributed by atoms with Crippen LogP contribution in [-0.4, -0.2) is 26.4 Å². The standard InChI is InChI=1S/C4H14N12/c1-7-15-9-3-4(10-13-5,11-14-6)12-16-8-2/h3H2,1-2H3,(H2,5,10)(H2,6,11)(H,7,9)(H,8,12). The van der Waals surface area contributed by atoms with Crippen molar-refractivity contribution >= 4 is 0 Å². The molecule has 90 valence electrons. The van der Waals surface area contributed by atoms with E-state index in [1.54, 1.807) is 0 Å². The highest BCUT2D eigenvalue weighted by Crippen LogP contribution is 2.09. The molecule has 0 radical (unpaired) electrons. The van der Waals surface area contributed by atoms with Crippen LogP contribution >= 0.6 is 0 Å². The molecular weight excluding hydrogens is 216 g/mol. The maximum Gasteiger partial charge on any atom is 0.300 e.